The third-order valence-electron chi connectivity index (χ3n) is 3.74. The normalized spacial score (nSPS) is 16.6. The molecule has 0 bridgehead atoms. The van der Waals surface area contributed by atoms with Crippen LogP contribution in [0.4, 0.5) is 5.69 Å². The number of amides is 1. The summed E-state index contributed by atoms with van der Waals surface area (Å²) in [5, 5.41) is 0. The van der Waals surface area contributed by atoms with Gasteiger partial charge in [-0.15, -0.1) is 0 Å². The van der Waals surface area contributed by atoms with Gasteiger partial charge in [0, 0.05) is 32.5 Å². The van der Waals surface area contributed by atoms with Crippen molar-refractivity contribution in [1.29, 1.82) is 0 Å². The Hall–Kier alpha value is -1.55. The highest BCUT2D eigenvalue weighted by Crippen LogP contribution is 2.21. The van der Waals surface area contributed by atoms with Crippen molar-refractivity contribution in [1.82, 2.24) is 4.90 Å². The van der Waals surface area contributed by atoms with Gasteiger partial charge in [0.25, 0.3) is 5.91 Å². The van der Waals surface area contributed by atoms with E-state index in [1.807, 2.05) is 30.0 Å². The fourth-order valence-corrected chi connectivity index (χ4v) is 2.59. The van der Waals surface area contributed by atoms with E-state index < -0.39 is 0 Å². The van der Waals surface area contributed by atoms with E-state index in [0.717, 1.165) is 38.1 Å². The van der Waals surface area contributed by atoms with Crippen molar-refractivity contribution in [3.8, 4) is 0 Å². The molecule has 0 saturated carbocycles. The molecule has 2 rings (SSSR count). The van der Waals surface area contributed by atoms with Gasteiger partial charge < -0.3 is 15.4 Å². The van der Waals surface area contributed by atoms with Gasteiger partial charge in [0.2, 0.25) is 0 Å². The number of hydrogen-bond acceptors (Lipinski definition) is 3. The van der Waals surface area contributed by atoms with Gasteiger partial charge in [-0.25, -0.2) is 0 Å². The van der Waals surface area contributed by atoms with Gasteiger partial charge in [-0.2, -0.15) is 0 Å². The van der Waals surface area contributed by atoms with Crippen LogP contribution < -0.4 is 5.73 Å². The second kappa shape index (κ2) is 6.06. The van der Waals surface area contributed by atoms with Gasteiger partial charge in [-0.3, -0.25) is 4.79 Å². The molecule has 0 aromatic heterocycles. The average Bonchev–Trinajstić information content (AvgIpc) is 2.39. The Morgan fingerprint density at radius 1 is 1.42 bits per heavy atom. The smallest absolute Gasteiger partial charge is 0.255 e. The number of likely N-dealkylation sites (tertiary alicyclic amines) is 1. The van der Waals surface area contributed by atoms with Gasteiger partial charge in [0.15, 0.2) is 0 Å². The predicted octanol–water partition coefficient (Wildman–Crippen LogP) is 2.08. The molecule has 0 atom stereocenters. The summed E-state index contributed by atoms with van der Waals surface area (Å²) < 4.78 is 5.17. The molecule has 1 aliphatic heterocycles. The molecule has 104 valence electrons. The number of rotatable bonds is 3. The van der Waals surface area contributed by atoms with Gasteiger partial charge in [0.05, 0.1) is 5.56 Å². The number of methoxy groups -OCH3 is 1. The van der Waals surface area contributed by atoms with Gasteiger partial charge in [-0.05, 0) is 43.4 Å². The Labute approximate surface area is 114 Å². The van der Waals surface area contributed by atoms with Crippen LogP contribution in [0.3, 0.4) is 0 Å². The maximum absolute atomic E-state index is 12.4. The molecule has 0 aliphatic carbocycles. The van der Waals surface area contributed by atoms with Crippen LogP contribution in [0.1, 0.15) is 28.8 Å². The largest absolute Gasteiger partial charge is 0.398 e. The quantitative estimate of drug-likeness (QED) is 0.848. The first-order valence-corrected chi connectivity index (χ1v) is 6.76. The van der Waals surface area contributed by atoms with E-state index in [2.05, 4.69) is 0 Å². The molecule has 1 aliphatic rings. The maximum Gasteiger partial charge on any atom is 0.255 e. The molecule has 1 fully saturated rings. The lowest BCUT2D eigenvalue weighted by Gasteiger charge is -2.32. The van der Waals surface area contributed by atoms with Crippen LogP contribution in [0.15, 0.2) is 18.2 Å². The van der Waals surface area contributed by atoms with Crippen LogP contribution in [0.25, 0.3) is 0 Å². The number of aryl methyl sites for hydroxylation is 1. The molecule has 1 heterocycles. The maximum atomic E-state index is 12.4. The number of nitrogens with zero attached hydrogens (tertiary/aromatic N) is 1. The van der Waals surface area contributed by atoms with Crippen LogP contribution in [0.2, 0.25) is 0 Å². The summed E-state index contributed by atoms with van der Waals surface area (Å²) in [6, 6.07) is 5.61. The lowest BCUT2D eigenvalue weighted by molar-refractivity contribution is 0.0614. The SMILES string of the molecule is COCC1CCN(C(=O)c2ccc(C)cc2N)CC1. The van der Waals surface area contributed by atoms with Crippen molar-refractivity contribution in [2.45, 2.75) is 19.8 Å². The average molecular weight is 262 g/mol. The first-order valence-electron chi connectivity index (χ1n) is 6.76. The number of ether oxygens (including phenoxy) is 1. The third kappa shape index (κ3) is 3.26. The number of nitrogens with two attached hydrogens (primary N) is 1. The van der Waals surface area contributed by atoms with Crippen molar-refractivity contribution >= 4 is 11.6 Å². The molecule has 0 spiro atoms. The molecule has 1 saturated heterocycles. The van der Waals surface area contributed by atoms with Crippen molar-refractivity contribution in [3.05, 3.63) is 29.3 Å². The van der Waals surface area contributed by atoms with E-state index in [1.54, 1.807) is 7.11 Å². The fourth-order valence-electron chi connectivity index (χ4n) is 2.59. The molecule has 4 heteroatoms. The number of hydrogen-bond donors (Lipinski definition) is 1. The van der Waals surface area contributed by atoms with Crippen LogP contribution in [-0.4, -0.2) is 37.6 Å². The summed E-state index contributed by atoms with van der Waals surface area (Å²) in [6.45, 7) is 4.34. The second-order valence-corrected chi connectivity index (χ2v) is 5.28. The number of carbonyl (C=O) groups is 1. The summed E-state index contributed by atoms with van der Waals surface area (Å²) in [7, 11) is 1.73. The number of anilines is 1. The lowest BCUT2D eigenvalue weighted by Crippen LogP contribution is -2.39. The zero-order valence-corrected chi connectivity index (χ0v) is 11.7. The first-order chi connectivity index (χ1) is 9.11. The van der Waals surface area contributed by atoms with E-state index >= 15 is 0 Å². The first kappa shape index (κ1) is 13.9. The Morgan fingerprint density at radius 3 is 2.68 bits per heavy atom. The second-order valence-electron chi connectivity index (χ2n) is 5.28. The monoisotopic (exact) mass is 262 g/mol. The molecular weight excluding hydrogens is 240 g/mol. The standard InChI is InChI=1S/C15H22N2O2/c1-11-3-4-13(14(16)9-11)15(18)17-7-5-12(6-8-17)10-19-2/h3-4,9,12H,5-8,10,16H2,1-2H3. The minimum Gasteiger partial charge on any atom is -0.398 e. The molecular formula is C15H22N2O2. The van der Waals surface area contributed by atoms with Crippen molar-refractivity contribution in [2.24, 2.45) is 5.92 Å². The molecule has 1 amide bonds. The summed E-state index contributed by atoms with van der Waals surface area (Å²) in [5.74, 6) is 0.623. The summed E-state index contributed by atoms with van der Waals surface area (Å²) in [6.07, 6.45) is 2.01. The van der Waals surface area contributed by atoms with Gasteiger partial charge in [-0.1, -0.05) is 6.07 Å². The summed E-state index contributed by atoms with van der Waals surface area (Å²) in [5.41, 5.74) is 8.21. The van der Waals surface area contributed by atoms with E-state index in [1.165, 1.54) is 0 Å². The van der Waals surface area contributed by atoms with Crippen LogP contribution in [-0.2, 0) is 4.74 Å². The lowest BCUT2D eigenvalue weighted by atomic mass is 9.97. The van der Waals surface area contributed by atoms with Crippen LogP contribution in [0, 0.1) is 12.8 Å². The predicted molar refractivity (Wildman–Crippen MR) is 76.1 cm³/mol. The summed E-state index contributed by atoms with van der Waals surface area (Å²) in [4.78, 5) is 14.3. The fraction of sp³-hybridized carbons (Fsp3) is 0.533. The highest BCUT2D eigenvalue weighted by molar-refractivity contribution is 5.99. The van der Waals surface area contributed by atoms with Crippen molar-refractivity contribution in [2.75, 3.05) is 32.5 Å². The molecule has 1 aromatic rings. The Kier molecular flexibility index (Phi) is 4.43. The highest BCUT2D eigenvalue weighted by atomic mass is 16.5. The van der Waals surface area contributed by atoms with Gasteiger partial charge >= 0.3 is 0 Å². The van der Waals surface area contributed by atoms with Gasteiger partial charge in [0.1, 0.15) is 0 Å². The molecule has 19 heavy (non-hydrogen) atoms. The van der Waals surface area contributed by atoms with E-state index in [4.69, 9.17) is 10.5 Å². The van der Waals surface area contributed by atoms with E-state index in [9.17, 15) is 4.79 Å². The molecule has 2 N–H and O–H groups in total. The minimum atomic E-state index is 0.0494. The summed E-state index contributed by atoms with van der Waals surface area (Å²) >= 11 is 0. The zero-order valence-electron chi connectivity index (χ0n) is 11.7. The number of nitrogen functional groups attached to an aromatic ring is 1. The Bertz CT molecular complexity index is 451. The van der Waals surface area contributed by atoms with E-state index in [0.29, 0.717) is 17.2 Å². The number of carbonyl (C=O) groups excluding carboxylic acids is 1. The van der Waals surface area contributed by atoms with Crippen molar-refractivity contribution < 1.29 is 9.53 Å². The number of piperidine rings is 1. The Balaban J connectivity index is 2.01. The van der Waals surface area contributed by atoms with Crippen molar-refractivity contribution in [3.63, 3.8) is 0 Å². The zero-order chi connectivity index (χ0) is 13.8. The van der Waals surface area contributed by atoms with Crippen LogP contribution >= 0.6 is 0 Å². The molecule has 0 unspecified atom stereocenters. The Morgan fingerprint density at radius 2 is 2.11 bits per heavy atom. The highest BCUT2D eigenvalue weighted by Gasteiger charge is 2.24. The third-order valence-corrected chi connectivity index (χ3v) is 3.74. The van der Waals surface area contributed by atoms with E-state index in [-0.39, 0.29) is 5.91 Å². The minimum absolute atomic E-state index is 0.0494. The number of benzene rings is 1. The topological polar surface area (TPSA) is 55.6 Å². The molecule has 1 aromatic carbocycles. The molecule has 0 radical (unpaired) electrons. The molecule has 4 nitrogen and oxygen atoms in total. The van der Waals surface area contributed by atoms with Crippen LogP contribution in [0.5, 0.6) is 0 Å².